The van der Waals surface area contributed by atoms with E-state index in [4.69, 9.17) is 5.73 Å². The Morgan fingerprint density at radius 3 is 2.57 bits per heavy atom. The first kappa shape index (κ1) is 15.4. The molecule has 0 spiro atoms. The van der Waals surface area contributed by atoms with Crippen molar-refractivity contribution in [3.63, 3.8) is 0 Å². The van der Waals surface area contributed by atoms with Gasteiger partial charge in [0.15, 0.2) is 0 Å². The molecule has 3 saturated heterocycles. The van der Waals surface area contributed by atoms with E-state index >= 15 is 0 Å². The Kier molecular flexibility index (Phi) is 4.94. The first-order chi connectivity index (χ1) is 10.1. The largest absolute Gasteiger partial charge is 0.328 e. The van der Waals surface area contributed by atoms with E-state index < -0.39 is 0 Å². The minimum Gasteiger partial charge on any atom is -0.328 e. The second-order valence-corrected chi connectivity index (χ2v) is 7.22. The van der Waals surface area contributed by atoms with Crippen LogP contribution < -0.4 is 11.1 Å². The highest BCUT2D eigenvalue weighted by Gasteiger charge is 2.39. The third-order valence-electron chi connectivity index (χ3n) is 5.51. The van der Waals surface area contributed by atoms with E-state index in [-0.39, 0.29) is 5.78 Å². The lowest BCUT2D eigenvalue weighted by Crippen LogP contribution is -2.49. The average molecular weight is 294 g/mol. The molecular weight excluding hydrogens is 264 g/mol. The molecule has 0 aromatic rings. The predicted molar refractivity (Wildman–Crippen MR) is 84.3 cm³/mol. The van der Waals surface area contributed by atoms with Crippen molar-refractivity contribution >= 4 is 5.78 Å². The van der Waals surface area contributed by atoms with E-state index in [2.05, 4.69) is 15.1 Å². The quantitative estimate of drug-likeness (QED) is 0.732. The van der Waals surface area contributed by atoms with E-state index in [0.717, 1.165) is 25.2 Å². The molecule has 3 aliphatic rings. The molecule has 3 aliphatic heterocycles. The summed E-state index contributed by atoms with van der Waals surface area (Å²) in [4.78, 5) is 16.3. The lowest BCUT2D eigenvalue weighted by molar-refractivity contribution is -0.116. The van der Waals surface area contributed by atoms with Crippen molar-refractivity contribution in [3.8, 4) is 0 Å². The fourth-order valence-electron chi connectivity index (χ4n) is 4.43. The number of Topliss-reactive ketones (excluding diaryl/α,β-unsaturated/α-hetero) is 1. The fourth-order valence-corrected chi connectivity index (χ4v) is 4.43. The van der Waals surface area contributed by atoms with Crippen molar-refractivity contribution in [2.24, 2.45) is 5.73 Å². The van der Waals surface area contributed by atoms with Crippen molar-refractivity contribution in [1.29, 1.82) is 0 Å². The van der Waals surface area contributed by atoms with Gasteiger partial charge in [-0.15, -0.1) is 0 Å². The van der Waals surface area contributed by atoms with Gasteiger partial charge in [-0.05, 0) is 45.6 Å². The zero-order chi connectivity index (χ0) is 14.8. The normalized spacial score (nSPS) is 37.2. The highest BCUT2D eigenvalue weighted by molar-refractivity contribution is 5.77. The van der Waals surface area contributed by atoms with Crippen LogP contribution in [0.2, 0.25) is 0 Å². The summed E-state index contributed by atoms with van der Waals surface area (Å²) in [6.07, 6.45) is 6.26. The molecule has 0 radical (unpaired) electrons. The van der Waals surface area contributed by atoms with Gasteiger partial charge in [0, 0.05) is 43.8 Å². The maximum atomic E-state index is 11.0. The average Bonchev–Trinajstić information content (AvgIpc) is 2.97. The zero-order valence-electron chi connectivity index (χ0n) is 13.3. The summed E-state index contributed by atoms with van der Waals surface area (Å²) in [7, 11) is 0. The zero-order valence-corrected chi connectivity index (χ0v) is 13.3. The van der Waals surface area contributed by atoms with Gasteiger partial charge >= 0.3 is 0 Å². The number of likely N-dealkylation sites (tertiary alicyclic amines) is 1. The van der Waals surface area contributed by atoms with Crippen molar-refractivity contribution < 1.29 is 4.79 Å². The minimum absolute atomic E-state index is 0.231. The molecule has 0 aromatic carbocycles. The lowest BCUT2D eigenvalue weighted by atomic mass is 9.98. The van der Waals surface area contributed by atoms with E-state index in [9.17, 15) is 4.79 Å². The topological polar surface area (TPSA) is 61.6 Å². The van der Waals surface area contributed by atoms with Crippen LogP contribution in [-0.4, -0.2) is 72.5 Å². The van der Waals surface area contributed by atoms with Gasteiger partial charge in [-0.2, -0.15) is 0 Å². The number of nitrogens with zero attached hydrogens (tertiary/aromatic N) is 2. The maximum absolute atomic E-state index is 11.0. The smallest absolute Gasteiger partial charge is 0.143 e. The van der Waals surface area contributed by atoms with Crippen LogP contribution in [0.4, 0.5) is 0 Å². The Labute approximate surface area is 128 Å². The van der Waals surface area contributed by atoms with Crippen molar-refractivity contribution in [2.75, 3.05) is 32.7 Å². The van der Waals surface area contributed by atoms with Gasteiger partial charge in [0.05, 0.1) is 6.54 Å². The van der Waals surface area contributed by atoms with Crippen LogP contribution in [0.5, 0.6) is 0 Å². The number of fused-ring (bicyclic) bond motifs is 2. The van der Waals surface area contributed by atoms with Gasteiger partial charge in [-0.1, -0.05) is 0 Å². The molecule has 4 atom stereocenters. The molecule has 0 aromatic heterocycles. The summed E-state index contributed by atoms with van der Waals surface area (Å²) in [5.41, 5.74) is 6.14. The lowest BCUT2D eigenvalue weighted by Gasteiger charge is -2.38. The molecule has 2 bridgehead atoms. The van der Waals surface area contributed by atoms with Gasteiger partial charge in [-0.25, -0.2) is 0 Å². The Morgan fingerprint density at radius 2 is 1.90 bits per heavy atom. The van der Waals surface area contributed by atoms with Gasteiger partial charge in [0.2, 0.25) is 0 Å². The molecule has 5 nitrogen and oxygen atoms in total. The van der Waals surface area contributed by atoms with Crippen molar-refractivity contribution in [2.45, 2.75) is 63.2 Å². The number of carbonyl (C=O) groups excluding carboxylic acids is 1. The molecule has 0 saturated carbocycles. The second-order valence-electron chi connectivity index (χ2n) is 7.22. The number of nitrogens with one attached hydrogen (secondary N) is 1. The highest BCUT2D eigenvalue weighted by atomic mass is 16.1. The van der Waals surface area contributed by atoms with Crippen LogP contribution in [0, 0.1) is 0 Å². The molecule has 3 N–H and O–H groups in total. The highest BCUT2D eigenvalue weighted by Crippen LogP contribution is 2.34. The summed E-state index contributed by atoms with van der Waals surface area (Å²) in [6.45, 7) is 6.79. The summed E-state index contributed by atoms with van der Waals surface area (Å²) in [5.74, 6) is 0.231. The van der Waals surface area contributed by atoms with Gasteiger partial charge < -0.3 is 16.0 Å². The van der Waals surface area contributed by atoms with Crippen LogP contribution in [0.1, 0.15) is 39.0 Å². The van der Waals surface area contributed by atoms with Gasteiger partial charge in [0.1, 0.15) is 5.78 Å². The standard InChI is InChI=1S/C16H30N4O/c1-12(21)10-18-14-4-5-19(11-14)6-7-20-15-2-3-16(20)9-13(17)8-15/h13-16,18H,2-11,17H2,1H3/t13?,14-,15-,16+/m1/s1. The van der Waals surface area contributed by atoms with E-state index in [1.54, 1.807) is 6.92 Å². The molecule has 0 aliphatic carbocycles. The van der Waals surface area contributed by atoms with Crippen LogP contribution in [0.3, 0.4) is 0 Å². The number of hydrogen-bond acceptors (Lipinski definition) is 5. The van der Waals surface area contributed by atoms with Gasteiger partial charge in [0.25, 0.3) is 0 Å². The number of hydrogen-bond donors (Lipinski definition) is 2. The third-order valence-corrected chi connectivity index (χ3v) is 5.51. The minimum atomic E-state index is 0.231. The fraction of sp³-hybridized carbons (Fsp3) is 0.938. The number of nitrogens with two attached hydrogens (primary N) is 1. The Hall–Kier alpha value is -0.490. The summed E-state index contributed by atoms with van der Waals surface area (Å²) >= 11 is 0. The summed E-state index contributed by atoms with van der Waals surface area (Å²) in [5, 5.41) is 3.36. The molecule has 3 fully saturated rings. The molecule has 120 valence electrons. The van der Waals surface area contributed by atoms with E-state index in [1.807, 2.05) is 0 Å². The number of carbonyl (C=O) groups is 1. The second kappa shape index (κ2) is 6.73. The van der Waals surface area contributed by atoms with Crippen LogP contribution in [-0.2, 0) is 4.79 Å². The predicted octanol–water partition coefficient (Wildman–Crippen LogP) is 0.193. The third kappa shape index (κ3) is 3.83. The van der Waals surface area contributed by atoms with Crippen LogP contribution >= 0.6 is 0 Å². The Balaban J connectivity index is 1.39. The monoisotopic (exact) mass is 294 g/mol. The number of rotatable bonds is 6. The SMILES string of the molecule is CC(=O)CN[C@@H]1CCN(CCN2[C@@H]3CC[C@H]2CC(N)C3)C1. The molecule has 21 heavy (non-hydrogen) atoms. The van der Waals surface area contributed by atoms with Gasteiger partial charge in [-0.3, -0.25) is 9.69 Å². The molecule has 3 heterocycles. The van der Waals surface area contributed by atoms with Crippen LogP contribution in [0.25, 0.3) is 0 Å². The first-order valence-electron chi connectivity index (χ1n) is 8.58. The Bertz CT molecular complexity index is 361. The summed E-state index contributed by atoms with van der Waals surface area (Å²) < 4.78 is 0. The molecular formula is C16H30N4O. The maximum Gasteiger partial charge on any atom is 0.143 e. The van der Waals surface area contributed by atoms with E-state index in [1.165, 1.54) is 45.2 Å². The summed E-state index contributed by atoms with van der Waals surface area (Å²) in [6, 6.07) is 2.42. The number of ketones is 1. The molecule has 3 rings (SSSR count). The Morgan fingerprint density at radius 1 is 1.19 bits per heavy atom. The molecule has 0 amide bonds. The van der Waals surface area contributed by atoms with E-state index in [0.29, 0.717) is 18.6 Å². The molecule has 5 heteroatoms. The van der Waals surface area contributed by atoms with Crippen LogP contribution in [0.15, 0.2) is 0 Å². The number of piperidine rings is 1. The molecule has 1 unspecified atom stereocenters. The van der Waals surface area contributed by atoms with Crippen molar-refractivity contribution in [3.05, 3.63) is 0 Å². The first-order valence-corrected chi connectivity index (χ1v) is 8.58. The van der Waals surface area contributed by atoms with Crippen molar-refractivity contribution in [1.82, 2.24) is 15.1 Å².